The third-order valence-electron chi connectivity index (χ3n) is 11.2. The number of rotatable bonds is 5. The summed E-state index contributed by atoms with van der Waals surface area (Å²) in [6.07, 6.45) is 0. The summed E-state index contributed by atoms with van der Waals surface area (Å²) in [5.41, 5.74) is 11.1. The van der Waals surface area contributed by atoms with Crippen molar-refractivity contribution in [2.45, 2.75) is 0 Å². The average molecular weight is 730 g/mol. The molecule has 0 unspecified atom stereocenters. The lowest BCUT2D eigenvalue weighted by Crippen LogP contribution is -2.06. The molecule has 0 radical (unpaired) electrons. The Labute approximate surface area is 326 Å². The van der Waals surface area contributed by atoms with E-state index < -0.39 is 0 Å². The first-order valence-electron chi connectivity index (χ1n) is 19.1. The summed E-state index contributed by atoms with van der Waals surface area (Å²) in [6, 6.07) is 65.6. The van der Waals surface area contributed by atoms with Gasteiger partial charge in [0.1, 0.15) is 11.2 Å². The molecule has 6 heteroatoms. The fraction of sp³-hybridized carbons (Fsp3) is 0. The minimum absolute atomic E-state index is 0.540. The molecule has 0 saturated heterocycles. The van der Waals surface area contributed by atoms with E-state index in [0.29, 0.717) is 17.6 Å². The zero-order valence-corrected chi connectivity index (χ0v) is 30.5. The first-order chi connectivity index (χ1) is 28.3. The Morgan fingerprint density at radius 1 is 0.351 bits per heavy atom. The minimum atomic E-state index is 0.540. The zero-order valence-electron chi connectivity index (χ0n) is 30.5. The smallest absolute Gasteiger partial charge is 0.238 e. The van der Waals surface area contributed by atoms with E-state index in [0.717, 1.165) is 71.6 Å². The zero-order chi connectivity index (χ0) is 37.5. The molecule has 0 amide bonds. The van der Waals surface area contributed by atoms with Crippen LogP contribution in [0.25, 0.3) is 111 Å². The summed E-state index contributed by atoms with van der Waals surface area (Å²) in [5, 5.41) is 6.74. The molecule has 4 heterocycles. The predicted molar refractivity (Wildman–Crippen MR) is 232 cm³/mol. The van der Waals surface area contributed by atoms with Crippen LogP contribution in [-0.4, -0.2) is 24.1 Å². The highest BCUT2D eigenvalue weighted by Crippen LogP contribution is 2.43. The van der Waals surface area contributed by atoms with E-state index in [2.05, 4.69) is 137 Å². The summed E-state index contributed by atoms with van der Waals surface area (Å²) >= 11 is 0. The second-order valence-corrected chi connectivity index (χ2v) is 14.4. The lowest BCUT2D eigenvalue weighted by Gasteiger charge is -2.11. The van der Waals surface area contributed by atoms with Gasteiger partial charge < -0.3 is 8.98 Å². The van der Waals surface area contributed by atoms with Gasteiger partial charge in [0.15, 0.2) is 11.6 Å². The summed E-state index contributed by atoms with van der Waals surface area (Å²) in [6.45, 7) is 0. The van der Waals surface area contributed by atoms with Crippen LogP contribution >= 0.6 is 0 Å². The number of hydrogen-bond acceptors (Lipinski definition) is 4. The molecule has 8 aromatic carbocycles. The number of benzene rings is 8. The summed E-state index contributed by atoms with van der Waals surface area (Å²) < 4.78 is 11.1. The Bertz CT molecular complexity index is 3510. The normalized spacial score (nSPS) is 11.9. The van der Waals surface area contributed by atoms with Gasteiger partial charge in [-0.3, -0.25) is 4.57 Å². The van der Waals surface area contributed by atoms with Crippen molar-refractivity contribution in [3.63, 3.8) is 0 Å². The molecule has 12 aromatic rings. The second kappa shape index (κ2) is 12.3. The van der Waals surface area contributed by atoms with Crippen molar-refractivity contribution in [1.29, 1.82) is 0 Å². The predicted octanol–water partition coefficient (Wildman–Crippen LogP) is 13.0. The standard InChI is InChI=1S/C51H31N5O/c1-3-14-32(15-4-1)33-26-28-35(29-27-33)55-41-23-10-7-19-38(41)46-43(55)30-31-44-47(46)39-20-8-11-24-42(39)56(44)51-53-49(34-16-5-2-6-17-34)52-50(54-51)40-22-13-21-37-36-18-9-12-25-45(36)57-48(37)40/h1-31H. The van der Waals surface area contributed by atoms with Crippen LogP contribution < -0.4 is 0 Å². The van der Waals surface area contributed by atoms with E-state index >= 15 is 0 Å². The third-order valence-corrected chi connectivity index (χ3v) is 11.2. The van der Waals surface area contributed by atoms with Gasteiger partial charge in [-0.05, 0) is 59.7 Å². The van der Waals surface area contributed by atoms with E-state index in [-0.39, 0.29) is 0 Å². The van der Waals surface area contributed by atoms with E-state index in [9.17, 15) is 0 Å². The Morgan fingerprint density at radius 3 is 1.61 bits per heavy atom. The first kappa shape index (κ1) is 31.5. The van der Waals surface area contributed by atoms with Crippen molar-refractivity contribution < 1.29 is 4.42 Å². The fourth-order valence-corrected chi connectivity index (χ4v) is 8.67. The van der Waals surface area contributed by atoms with Crippen LogP contribution in [-0.2, 0) is 0 Å². The third kappa shape index (κ3) is 4.81. The second-order valence-electron chi connectivity index (χ2n) is 14.4. The molecule has 0 fully saturated rings. The van der Waals surface area contributed by atoms with E-state index in [1.165, 1.54) is 21.9 Å². The molecule has 6 nitrogen and oxygen atoms in total. The lowest BCUT2D eigenvalue weighted by molar-refractivity contribution is 0.669. The number of fused-ring (bicyclic) bond motifs is 10. The van der Waals surface area contributed by atoms with Gasteiger partial charge in [-0.1, -0.05) is 140 Å². The maximum Gasteiger partial charge on any atom is 0.238 e. The molecule has 57 heavy (non-hydrogen) atoms. The van der Waals surface area contributed by atoms with Gasteiger partial charge >= 0.3 is 0 Å². The van der Waals surface area contributed by atoms with Gasteiger partial charge in [0.05, 0.1) is 27.6 Å². The molecule has 12 rings (SSSR count). The number of para-hydroxylation sites is 4. The van der Waals surface area contributed by atoms with Crippen LogP contribution in [0.4, 0.5) is 0 Å². The molecule has 0 aliphatic rings. The number of nitrogens with zero attached hydrogens (tertiary/aromatic N) is 5. The number of aromatic nitrogens is 5. The van der Waals surface area contributed by atoms with E-state index in [1.807, 2.05) is 60.7 Å². The molecule has 0 spiro atoms. The van der Waals surface area contributed by atoms with Crippen molar-refractivity contribution in [2.75, 3.05) is 0 Å². The highest BCUT2D eigenvalue weighted by Gasteiger charge is 2.23. The molecule has 0 saturated carbocycles. The largest absolute Gasteiger partial charge is 0.455 e. The lowest BCUT2D eigenvalue weighted by atomic mass is 10.1. The Balaban J connectivity index is 1.13. The van der Waals surface area contributed by atoms with Crippen LogP contribution in [0, 0.1) is 0 Å². The Morgan fingerprint density at radius 2 is 0.895 bits per heavy atom. The Kier molecular flexibility index (Phi) is 6.83. The minimum Gasteiger partial charge on any atom is -0.455 e. The van der Waals surface area contributed by atoms with Crippen molar-refractivity contribution in [1.82, 2.24) is 24.1 Å². The summed E-state index contributed by atoms with van der Waals surface area (Å²) in [4.78, 5) is 15.6. The van der Waals surface area contributed by atoms with Crippen molar-refractivity contribution in [3.8, 4) is 45.5 Å². The highest BCUT2D eigenvalue weighted by atomic mass is 16.3. The van der Waals surface area contributed by atoms with Gasteiger partial charge in [-0.2, -0.15) is 9.97 Å². The van der Waals surface area contributed by atoms with Crippen LogP contribution in [0.2, 0.25) is 0 Å². The number of furan rings is 1. The van der Waals surface area contributed by atoms with E-state index in [4.69, 9.17) is 19.4 Å². The Hall–Kier alpha value is -7.83. The SMILES string of the molecule is c1ccc(-c2ccc(-n3c4ccccc4c4c5c6ccccc6n(-c6nc(-c7ccccc7)nc(-c7cccc8c7oc7ccccc78)n6)c5ccc43)cc2)cc1. The van der Waals surface area contributed by atoms with Gasteiger partial charge in [-0.25, -0.2) is 4.98 Å². The van der Waals surface area contributed by atoms with Gasteiger partial charge in [0.2, 0.25) is 5.95 Å². The van der Waals surface area contributed by atoms with Crippen LogP contribution in [0.15, 0.2) is 192 Å². The summed E-state index contributed by atoms with van der Waals surface area (Å²) in [7, 11) is 0. The quantitative estimate of drug-likeness (QED) is 0.177. The first-order valence-corrected chi connectivity index (χ1v) is 19.1. The van der Waals surface area contributed by atoms with Gasteiger partial charge in [-0.15, -0.1) is 0 Å². The van der Waals surface area contributed by atoms with Crippen LogP contribution in [0.5, 0.6) is 0 Å². The van der Waals surface area contributed by atoms with Crippen molar-refractivity contribution >= 4 is 65.6 Å². The molecule has 266 valence electrons. The fourth-order valence-electron chi connectivity index (χ4n) is 8.67. The molecular weight excluding hydrogens is 699 g/mol. The maximum atomic E-state index is 6.50. The van der Waals surface area contributed by atoms with Crippen molar-refractivity contribution in [2.24, 2.45) is 0 Å². The van der Waals surface area contributed by atoms with Crippen LogP contribution in [0.3, 0.4) is 0 Å². The van der Waals surface area contributed by atoms with Gasteiger partial charge in [0, 0.05) is 43.6 Å². The molecule has 4 aromatic heterocycles. The molecule has 0 bridgehead atoms. The highest BCUT2D eigenvalue weighted by molar-refractivity contribution is 6.28. The summed E-state index contributed by atoms with van der Waals surface area (Å²) in [5.74, 6) is 1.68. The molecule has 0 N–H and O–H groups in total. The van der Waals surface area contributed by atoms with Gasteiger partial charge in [0.25, 0.3) is 0 Å². The van der Waals surface area contributed by atoms with Crippen molar-refractivity contribution in [3.05, 3.63) is 188 Å². The monoisotopic (exact) mass is 729 g/mol. The maximum absolute atomic E-state index is 6.50. The van der Waals surface area contributed by atoms with Crippen LogP contribution in [0.1, 0.15) is 0 Å². The molecule has 0 atom stereocenters. The molecular formula is C51H31N5O. The average Bonchev–Trinajstić information content (AvgIpc) is 3.95. The molecule has 0 aliphatic carbocycles. The van der Waals surface area contributed by atoms with E-state index in [1.54, 1.807) is 0 Å². The number of hydrogen-bond donors (Lipinski definition) is 0. The molecule has 0 aliphatic heterocycles. The topological polar surface area (TPSA) is 61.7 Å².